The topological polar surface area (TPSA) is 19.7 Å². The predicted molar refractivity (Wildman–Crippen MR) is 224 cm³/mol. The Balaban J connectivity index is 1.04. The molecule has 0 saturated carbocycles. The van der Waals surface area contributed by atoms with Gasteiger partial charge in [0.1, 0.15) is 6.04 Å². The van der Waals surface area contributed by atoms with Crippen molar-refractivity contribution in [3.63, 3.8) is 0 Å². The molecule has 4 heterocycles. The molecule has 1 aliphatic rings. The van der Waals surface area contributed by atoms with Crippen molar-refractivity contribution in [3.05, 3.63) is 200 Å². The lowest BCUT2D eigenvalue weighted by atomic mass is 9.94. The standard InChI is InChI=1S/C50H34N4/c1-3-14-33(15-4-1)34-16-13-17-37(30-34)49-50(54-48-25-12-11-24-47(48)53(49)54)52-44-23-10-8-21-40(44)42-32-36(27-29-46(42)52)35-26-28-45-41(31-35)39-20-7-9-22-43(39)51(45)38-18-5-2-6-19-38/h1-32,49-50H. The van der Waals surface area contributed by atoms with Gasteiger partial charge in [-0.1, -0.05) is 127 Å². The van der Waals surface area contributed by atoms with Gasteiger partial charge in [0.05, 0.1) is 33.1 Å². The number of hydrogen-bond donors (Lipinski definition) is 0. The van der Waals surface area contributed by atoms with Gasteiger partial charge in [-0.15, -0.1) is 0 Å². The Morgan fingerprint density at radius 1 is 0.315 bits per heavy atom. The fourth-order valence-electron chi connectivity index (χ4n) is 9.36. The molecule has 254 valence electrons. The van der Waals surface area contributed by atoms with Crippen molar-refractivity contribution in [3.8, 4) is 27.9 Å². The number of para-hydroxylation sites is 5. The number of benzene rings is 8. The maximum Gasteiger partial charge on any atom is 0.152 e. The van der Waals surface area contributed by atoms with Crippen LogP contribution in [0, 0.1) is 0 Å². The molecule has 0 spiro atoms. The summed E-state index contributed by atoms with van der Waals surface area (Å²) in [5, 5.41) is 5.09. The quantitative estimate of drug-likeness (QED) is 0.171. The lowest BCUT2D eigenvalue weighted by molar-refractivity contribution is 0.145. The van der Waals surface area contributed by atoms with Crippen molar-refractivity contribution in [2.45, 2.75) is 12.2 Å². The van der Waals surface area contributed by atoms with E-state index >= 15 is 0 Å². The minimum Gasteiger partial charge on any atom is -0.315 e. The van der Waals surface area contributed by atoms with E-state index in [1.807, 2.05) is 0 Å². The van der Waals surface area contributed by atoms with Gasteiger partial charge < -0.3 is 9.13 Å². The molecular formula is C50H34N4. The second kappa shape index (κ2) is 11.2. The summed E-state index contributed by atoms with van der Waals surface area (Å²) in [7, 11) is 0. The minimum absolute atomic E-state index is 0.0830. The van der Waals surface area contributed by atoms with E-state index in [0.29, 0.717) is 0 Å². The highest BCUT2D eigenvalue weighted by molar-refractivity contribution is 6.12. The van der Waals surface area contributed by atoms with E-state index in [-0.39, 0.29) is 12.2 Å². The van der Waals surface area contributed by atoms with Gasteiger partial charge in [-0.25, -0.2) is 0 Å². The molecule has 2 atom stereocenters. The molecule has 0 saturated heterocycles. The van der Waals surface area contributed by atoms with Crippen LogP contribution >= 0.6 is 0 Å². The minimum atomic E-state index is 0.0830. The Kier molecular flexibility index (Phi) is 6.14. The van der Waals surface area contributed by atoms with Crippen LogP contribution in [-0.4, -0.2) is 18.5 Å². The lowest BCUT2D eigenvalue weighted by Gasteiger charge is -2.50. The van der Waals surface area contributed by atoms with E-state index in [4.69, 9.17) is 0 Å². The molecule has 0 aliphatic carbocycles. The first-order valence-electron chi connectivity index (χ1n) is 18.8. The van der Waals surface area contributed by atoms with E-state index < -0.39 is 0 Å². The first kappa shape index (κ1) is 29.5. The van der Waals surface area contributed by atoms with Crippen LogP contribution in [0.15, 0.2) is 194 Å². The zero-order valence-electron chi connectivity index (χ0n) is 29.4. The number of nitrogens with zero attached hydrogens (tertiary/aromatic N) is 4. The van der Waals surface area contributed by atoms with Gasteiger partial charge in [0.15, 0.2) is 6.17 Å². The van der Waals surface area contributed by atoms with Gasteiger partial charge in [-0.05, 0) is 94.5 Å². The molecule has 0 amide bonds. The second-order valence-electron chi connectivity index (χ2n) is 14.6. The molecular weight excluding hydrogens is 657 g/mol. The van der Waals surface area contributed by atoms with Gasteiger partial charge in [0.25, 0.3) is 0 Å². The van der Waals surface area contributed by atoms with Crippen LogP contribution in [0.1, 0.15) is 17.8 Å². The monoisotopic (exact) mass is 690 g/mol. The van der Waals surface area contributed by atoms with Crippen molar-refractivity contribution in [1.29, 1.82) is 0 Å². The summed E-state index contributed by atoms with van der Waals surface area (Å²) in [5.41, 5.74) is 14.9. The molecule has 11 aromatic rings. The molecule has 3 aromatic heterocycles. The van der Waals surface area contributed by atoms with Gasteiger partial charge in [-0.2, -0.15) is 0 Å². The molecule has 1 aliphatic heterocycles. The van der Waals surface area contributed by atoms with Crippen LogP contribution in [0.2, 0.25) is 0 Å². The summed E-state index contributed by atoms with van der Waals surface area (Å²) in [6.07, 6.45) is 0.0830. The Morgan fingerprint density at radius 2 is 0.815 bits per heavy atom. The molecule has 0 bridgehead atoms. The Morgan fingerprint density at radius 3 is 1.56 bits per heavy atom. The van der Waals surface area contributed by atoms with E-state index in [9.17, 15) is 0 Å². The lowest BCUT2D eigenvalue weighted by Crippen LogP contribution is -2.49. The molecule has 2 unspecified atom stereocenters. The molecule has 54 heavy (non-hydrogen) atoms. The summed E-state index contributed by atoms with van der Waals surface area (Å²) in [6, 6.07) is 71.3. The molecule has 0 radical (unpaired) electrons. The first-order chi connectivity index (χ1) is 26.8. The summed E-state index contributed by atoms with van der Waals surface area (Å²) in [4.78, 5) is 0. The number of fused-ring (bicyclic) bond motifs is 10. The van der Waals surface area contributed by atoms with Gasteiger partial charge in [0, 0.05) is 27.2 Å². The predicted octanol–water partition coefficient (Wildman–Crippen LogP) is 12.6. The fraction of sp³-hybridized carbons (Fsp3) is 0.0400. The van der Waals surface area contributed by atoms with E-state index in [2.05, 4.69) is 213 Å². The first-order valence-corrected chi connectivity index (χ1v) is 18.8. The second-order valence-corrected chi connectivity index (χ2v) is 14.6. The highest BCUT2D eigenvalue weighted by Gasteiger charge is 2.45. The Bertz CT molecular complexity index is 3230. The summed E-state index contributed by atoms with van der Waals surface area (Å²) in [6.45, 7) is 0. The van der Waals surface area contributed by atoms with Crippen LogP contribution in [0.5, 0.6) is 0 Å². The highest BCUT2D eigenvalue weighted by atomic mass is 15.6. The molecule has 4 nitrogen and oxygen atoms in total. The van der Waals surface area contributed by atoms with Crippen LogP contribution in [0.3, 0.4) is 0 Å². The molecule has 4 heteroatoms. The maximum absolute atomic E-state index is 2.59. The van der Waals surface area contributed by atoms with E-state index in [0.717, 1.165) is 0 Å². The van der Waals surface area contributed by atoms with Crippen LogP contribution in [0.4, 0.5) is 0 Å². The highest BCUT2D eigenvalue weighted by Crippen LogP contribution is 2.50. The van der Waals surface area contributed by atoms with Crippen LogP contribution < -0.4 is 0 Å². The Labute approximate surface area is 311 Å². The van der Waals surface area contributed by atoms with Gasteiger partial charge >= 0.3 is 0 Å². The summed E-state index contributed by atoms with van der Waals surface area (Å²) in [5.74, 6) is 0. The maximum atomic E-state index is 2.59. The third kappa shape index (κ3) is 4.08. The average molecular weight is 691 g/mol. The van der Waals surface area contributed by atoms with E-state index in [1.165, 1.54) is 88.1 Å². The third-order valence-corrected chi connectivity index (χ3v) is 11.7. The fourth-order valence-corrected chi connectivity index (χ4v) is 9.36. The van der Waals surface area contributed by atoms with Crippen molar-refractivity contribution in [2.24, 2.45) is 0 Å². The van der Waals surface area contributed by atoms with Crippen LogP contribution in [-0.2, 0) is 0 Å². The third-order valence-electron chi connectivity index (χ3n) is 11.7. The largest absolute Gasteiger partial charge is 0.315 e. The summed E-state index contributed by atoms with van der Waals surface area (Å²) < 4.78 is 9.95. The number of rotatable bonds is 5. The zero-order valence-corrected chi connectivity index (χ0v) is 29.4. The molecule has 12 rings (SSSR count). The van der Waals surface area contributed by atoms with Crippen molar-refractivity contribution >= 4 is 54.6 Å². The molecule has 0 N–H and O–H groups in total. The van der Waals surface area contributed by atoms with Gasteiger partial charge in [-0.3, -0.25) is 9.36 Å². The molecule has 8 aromatic carbocycles. The number of aromatic nitrogens is 4. The van der Waals surface area contributed by atoms with Crippen molar-refractivity contribution < 1.29 is 0 Å². The number of hydrogen-bond acceptors (Lipinski definition) is 0. The summed E-state index contributed by atoms with van der Waals surface area (Å²) >= 11 is 0. The van der Waals surface area contributed by atoms with Gasteiger partial charge in [0.2, 0.25) is 0 Å². The van der Waals surface area contributed by atoms with Crippen molar-refractivity contribution in [1.82, 2.24) is 18.5 Å². The average Bonchev–Trinajstić information content (AvgIpc) is 3.73. The van der Waals surface area contributed by atoms with Crippen LogP contribution in [0.25, 0.3) is 82.6 Å². The molecule has 0 fully saturated rings. The van der Waals surface area contributed by atoms with E-state index in [1.54, 1.807) is 0 Å². The normalized spacial score (nSPS) is 15.4. The Hall–Kier alpha value is -7.04. The van der Waals surface area contributed by atoms with Crippen molar-refractivity contribution in [2.75, 3.05) is 0 Å². The smallest absolute Gasteiger partial charge is 0.152 e. The SMILES string of the molecule is c1ccc(-c2cccc(C3C(n4c5ccccc5c5cc(-c6ccc7c(c6)c6ccccc6n7-c6ccccc6)ccc54)n4c5ccccc5n43)c2)cc1. The zero-order chi connectivity index (χ0) is 35.3.